The molecule has 0 atom stereocenters. The van der Waals surface area contributed by atoms with Crippen molar-refractivity contribution in [2.24, 2.45) is 0 Å². The van der Waals surface area contributed by atoms with Gasteiger partial charge >= 0.3 is 0 Å². The summed E-state index contributed by atoms with van der Waals surface area (Å²) in [5.74, 6) is 0.760. The van der Waals surface area contributed by atoms with E-state index >= 15 is 0 Å². The highest BCUT2D eigenvalue weighted by molar-refractivity contribution is 6.30. The smallest absolute Gasteiger partial charge is 0.260 e. The maximum Gasteiger partial charge on any atom is 0.260 e. The Morgan fingerprint density at radius 1 is 1.00 bits per heavy atom. The third-order valence-corrected chi connectivity index (χ3v) is 5.44. The fourth-order valence-electron chi connectivity index (χ4n) is 3.73. The van der Waals surface area contributed by atoms with E-state index in [9.17, 15) is 4.79 Å². The number of ether oxygens (including phenoxy) is 1. The molecule has 1 aromatic rings. The molecule has 24 heavy (non-hydrogen) atoms. The van der Waals surface area contributed by atoms with Gasteiger partial charge in [0.2, 0.25) is 0 Å². The number of hydrogen-bond donors (Lipinski definition) is 0. The normalized spacial score (nSPS) is 20.6. The van der Waals surface area contributed by atoms with Crippen LogP contribution in [0.1, 0.15) is 38.5 Å². The van der Waals surface area contributed by atoms with Crippen molar-refractivity contribution in [3.63, 3.8) is 0 Å². The average Bonchev–Trinajstić information content (AvgIpc) is 2.90. The third-order valence-electron chi connectivity index (χ3n) is 5.18. The summed E-state index contributed by atoms with van der Waals surface area (Å²) in [6, 6.07) is 7.86. The molecule has 1 saturated carbocycles. The van der Waals surface area contributed by atoms with Gasteiger partial charge in [-0.3, -0.25) is 9.69 Å². The second-order valence-electron chi connectivity index (χ2n) is 6.80. The van der Waals surface area contributed by atoms with Crippen LogP contribution in [-0.2, 0) is 4.79 Å². The number of benzene rings is 1. The van der Waals surface area contributed by atoms with Crippen LogP contribution in [0.4, 0.5) is 0 Å². The minimum atomic E-state index is 0.0745. The molecule has 132 valence electrons. The van der Waals surface area contributed by atoms with E-state index < -0.39 is 0 Å². The van der Waals surface area contributed by atoms with Crippen molar-refractivity contribution < 1.29 is 9.53 Å². The Balaban J connectivity index is 1.42. The van der Waals surface area contributed by atoms with Gasteiger partial charge in [-0.05, 0) is 37.1 Å². The minimum Gasteiger partial charge on any atom is -0.484 e. The largest absolute Gasteiger partial charge is 0.484 e. The van der Waals surface area contributed by atoms with Gasteiger partial charge in [0.05, 0.1) is 0 Å². The Morgan fingerprint density at radius 3 is 2.25 bits per heavy atom. The van der Waals surface area contributed by atoms with Crippen LogP contribution in [0.3, 0.4) is 0 Å². The number of amides is 1. The van der Waals surface area contributed by atoms with E-state index in [-0.39, 0.29) is 12.5 Å². The molecule has 2 aliphatic rings. The number of carbonyl (C=O) groups is 1. The van der Waals surface area contributed by atoms with Crippen molar-refractivity contribution in [2.45, 2.75) is 44.6 Å². The SMILES string of the molecule is O=C(COc1ccc(Cl)cc1)N1CCN(C2CCCCCC2)CC1. The van der Waals surface area contributed by atoms with Crippen molar-refractivity contribution in [1.82, 2.24) is 9.80 Å². The zero-order valence-corrected chi connectivity index (χ0v) is 15.0. The first-order valence-corrected chi connectivity index (χ1v) is 9.50. The second-order valence-corrected chi connectivity index (χ2v) is 7.24. The molecule has 3 rings (SSSR count). The molecular formula is C19H27ClN2O2. The van der Waals surface area contributed by atoms with Gasteiger partial charge in [0.25, 0.3) is 5.91 Å². The molecule has 1 saturated heterocycles. The Labute approximate surface area is 149 Å². The van der Waals surface area contributed by atoms with Gasteiger partial charge < -0.3 is 9.64 Å². The fraction of sp³-hybridized carbons (Fsp3) is 0.632. The standard InChI is InChI=1S/C19H27ClN2O2/c20-16-7-9-18(10-8-16)24-15-19(23)22-13-11-21(12-14-22)17-5-3-1-2-4-6-17/h7-10,17H,1-6,11-15H2. The van der Waals surface area contributed by atoms with Gasteiger partial charge in [0.15, 0.2) is 6.61 Å². The predicted octanol–water partition coefficient (Wildman–Crippen LogP) is 3.59. The molecule has 0 aromatic heterocycles. The summed E-state index contributed by atoms with van der Waals surface area (Å²) in [5, 5.41) is 0.670. The lowest BCUT2D eigenvalue weighted by Gasteiger charge is -2.39. The highest BCUT2D eigenvalue weighted by Crippen LogP contribution is 2.23. The summed E-state index contributed by atoms with van der Waals surface area (Å²) in [6.07, 6.45) is 8.15. The van der Waals surface area contributed by atoms with Crippen LogP contribution < -0.4 is 4.74 Å². The maximum absolute atomic E-state index is 12.3. The lowest BCUT2D eigenvalue weighted by molar-refractivity contribution is -0.135. The van der Waals surface area contributed by atoms with Crippen molar-refractivity contribution >= 4 is 17.5 Å². The molecule has 0 N–H and O–H groups in total. The van der Waals surface area contributed by atoms with E-state index in [4.69, 9.17) is 16.3 Å². The number of carbonyl (C=O) groups excluding carboxylic acids is 1. The van der Waals surface area contributed by atoms with Gasteiger partial charge in [-0.2, -0.15) is 0 Å². The average molecular weight is 351 g/mol. The van der Waals surface area contributed by atoms with Gasteiger partial charge in [0.1, 0.15) is 5.75 Å². The van der Waals surface area contributed by atoms with Crippen molar-refractivity contribution in [2.75, 3.05) is 32.8 Å². The topological polar surface area (TPSA) is 32.8 Å². The minimum absolute atomic E-state index is 0.0745. The molecule has 1 aromatic carbocycles. The van der Waals surface area contributed by atoms with Crippen molar-refractivity contribution in [3.8, 4) is 5.75 Å². The van der Waals surface area contributed by atoms with Crippen molar-refractivity contribution in [3.05, 3.63) is 29.3 Å². The first kappa shape index (κ1) is 17.6. The number of halogens is 1. The zero-order chi connectivity index (χ0) is 16.8. The van der Waals surface area contributed by atoms with Gasteiger partial charge in [-0.25, -0.2) is 0 Å². The van der Waals surface area contributed by atoms with E-state index in [2.05, 4.69) is 4.90 Å². The highest BCUT2D eigenvalue weighted by Gasteiger charge is 2.26. The second kappa shape index (κ2) is 8.72. The van der Waals surface area contributed by atoms with Crippen LogP contribution in [0.5, 0.6) is 5.75 Å². The molecule has 4 nitrogen and oxygen atoms in total. The fourth-order valence-corrected chi connectivity index (χ4v) is 3.85. The molecule has 1 heterocycles. The molecule has 0 radical (unpaired) electrons. The monoisotopic (exact) mass is 350 g/mol. The molecule has 0 spiro atoms. The van der Waals surface area contributed by atoms with Gasteiger partial charge in [-0.1, -0.05) is 37.3 Å². The van der Waals surface area contributed by atoms with Crippen LogP contribution in [0.25, 0.3) is 0 Å². The zero-order valence-electron chi connectivity index (χ0n) is 14.3. The quantitative estimate of drug-likeness (QED) is 0.778. The summed E-state index contributed by atoms with van der Waals surface area (Å²) in [5.41, 5.74) is 0. The van der Waals surface area contributed by atoms with Crippen LogP contribution in [0.2, 0.25) is 5.02 Å². The summed E-state index contributed by atoms with van der Waals surface area (Å²) in [6.45, 7) is 3.73. The van der Waals surface area contributed by atoms with Crippen LogP contribution >= 0.6 is 11.6 Å². The number of rotatable bonds is 4. The van der Waals surface area contributed by atoms with Gasteiger partial charge in [0, 0.05) is 37.2 Å². The van der Waals surface area contributed by atoms with Crippen molar-refractivity contribution in [1.29, 1.82) is 0 Å². The number of hydrogen-bond acceptors (Lipinski definition) is 3. The first-order chi connectivity index (χ1) is 11.7. The number of nitrogens with zero attached hydrogens (tertiary/aromatic N) is 2. The lowest BCUT2D eigenvalue weighted by Crippen LogP contribution is -2.52. The highest BCUT2D eigenvalue weighted by atomic mass is 35.5. The van der Waals surface area contributed by atoms with E-state index in [0.717, 1.165) is 32.2 Å². The molecule has 5 heteroatoms. The summed E-state index contributed by atoms with van der Waals surface area (Å²) in [7, 11) is 0. The molecule has 0 bridgehead atoms. The summed E-state index contributed by atoms with van der Waals surface area (Å²) >= 11 is 5.85. The lowest BCUT2D eigenvalue weighted by atomic mass is 10.1. The maximum atomic E-state index is 12.3. The molecule has 1 aliphatic carbocycles. The van der Waals surface area contributed by atoms with E-state index in [1.54, 1.807) is 24.3 Å². The molecule has 2 fully saturated rings. The summed E-state index contributed by atoms with van der Waals surface area (Å²) in [4.78, 5) is 16.9. The van der Waals surface area contributed by atoms with Crippen LogP contribution in [0, 0.1) is 0 Å². The van der Waals surface area contributed by atoms with E-state index in [0.29, 0.717) is 10.8 Å². The predicted molar refractivity (Wildman–Crippen MR) is 96.6 cm³/mol. The Kier molecular flexibility index (Phi) is 6.38. The van der Waals surface area contributed by atoms with Gasteiger partial charge in [-0.15, -0.1) is 0 Å². The Hall–Kier alpha value is -1.26. The van der Waals surface area contributed by atoms with E-state index in [1.807, 2.05) is 4.90 Å². The Bertz CT molecular complexity index is 519. The van der Waals surface area contributed by atoms with Crippen LogP contribution in [-0.4, -0.2) is 54.5 Å². The van der Waals surface area contributed by atoms with E-state index in [1.165, 1.54) is 38.5 Å². The molecule has 0 unspecified atom stereocenters. The first-order valence-electron chi connectivity index (χ1n) is 9.12. The molecule has 1 aliphatic heterocycles. The summed E-state index contributed by atoms with van der Waals surface area (Å²) < 4.78 is 5.57. The third kappa shape index (κ3) is 4.87. The molecule has 1 amide bonds. The number of piperazine rings is 1. The Morgan fingerprint density at radius 2 is 1.62 bits per heavy atom. The van der Waals surface area contributed by atoms with Crippen LogP contribution in [0.15, 0.2) is 24.3 Å². The molecular weight excluding hydrogens is 324 g/mol.